The fourth-order valence-electron chi connectivity index (χ4n) is 2.21. The van der Waals surface area contributed by atoms with E-state index in [1.165, 1.54) is 18.2 Å². The normalized spacial score (nSPS) is 17.3. The van der Waals surface area contributed by atoms with Crippen molar-refractivity contribution in [3.05, 3.63) is 22.7 Å². The zero-order valence-electron chi connectivity index (χ0n) is 10.3. The first-order valence-corrected chi connectivity index (χ1v) is 10.6. The Kier molecular flexibility index (Phi) is 4.68. The molecular weight excluding hydrogens is 390 g/mol. The van der Waals surface area contributed by atoms with E-state index in [2.05, 4.69) is 20.7 Å². The largest absolute Gasteiger partial charge is 0.283 e. The van der Waals surface area contributed by atoms with E-state index in [1.54, 1.807) is 0 Å². The number of rotatable bonds is 4. The van der Waals surface area contributed by atoms with Crippen molar-refractivity contribution < 1.29 is 16.8 Å². The van der Waals surface area contributed by atoms with E-state index in [0.29, 0.717) is 18.5 Å². The summed E-state index contributed by atoms with van der Waals surface area (Å²) in [6, 6.07) is 4.03. The topological polar surface area (TPSA) is 80.3 Å². The first-order chi connectivity index (χ1) is 9.20. The summed E-state index contributed by atoms with van der Waals surface area (Å²) in [7, 11) is -2.04. The van der Waals surface area contributed by atoms with Gasteiger partial charge in [-0.25, -0.2) is 16.8 Å². The number of halogens is 2. The molecule has 0 atom stereocenters. The van der Waals surface area contributed by atoms with Crippen LogP contribution in [-0.4, -0.2) is 22.1 Å². The van der Waals surface area contributed by atoms with Crippen molar-refractivity contribution in [2.75, 3.05) is 4.72 Å². The Bertz CT molecular complexity index is 712. The summed E-state index contributed by atoms with van der Waals surface area (Å²) in [4.78, 5) is -0.0945. The van der Waals surface area contributed by atoms with E-state index < -0.39 is 19.1 Å². The van der Waals surface area contributed by atoms with Gasteiger partial charge in [0, 0.05) is 20.8 Å². The van der Waals surface area contributed by atoms with Crippen molar-refractivity contribution in [3.8, 4) is 0 Å². The molecule has 9 heteroatoms. The van der Waals surface area contributed by atoms with Crippen LogP contribution in [0.5, 0.6) is 0 Å². The SMILES string of the molecule is O=S(=O)(Cl)c1ccc(NS(=O)(=O)C2CCCC2)cc1Br. The monoisotopic (exact) mass is 401 g/mol. The maximum atomic E-state index is 12.1. The number of hydrogen-bond acceptors (Lipinski definition) is 4. The fourth-order valence-corrected chi connectivity index (χ4v) is 6.01. The molecule has 2 rings (SSSR count). The van der Waals surface area contributed by atoms with Gasteiger partial charge in [-0.15, -0.1) is 0 Å². The Labute approximate surface area is 131 Å². The standard InChI is InChI=1S/C11H13BrClNO4S2/c12-10-7-8(5-6-11(10)19(13,15)16)14-20(17,18)9-3-1-2-4-9/h5-7,9,14H,1-4H2. The third kappa shape index (κ3) is 3.66. The summed E-state index contributed by atoms with van der Waals surface area (Å²) >= 11 is 3.08. The lowest BCUT2D eigenvalue weighted by Gasteiger charge is -2.14. The zero-order chi connectivity index (χ0) is 15.0. The Morgan fingerprint density at radius 3 is 2.25 bits per heavy atom. The molecule has 1 saturated carbocycles. The van der Waals surface area contributed by atoms with E-state index in [-0.39, 0.29) is 14.6 Å². The van der Waals surface area contributed by atoms with E-state index in [9.17, 15) is 16.8 Å². The molecule has 112 valence electrons. The average Bonchev–Trinajstić information content (AvgIpc) is 2.80. The second-order valence-corrected chi connectivity index (χ2v) is 9.99. The van der Waals surface area contributed by atoms with Gasteiger partial charge in [0.15, 0.2) is 0 Å². The molecule has 5 nitrogen and oxygen atoms in total. The van der Waals surface area contributed by atoms with Gasteiger partial charge in [0.1, 0.15) is 0 Å². The first-order valence-electron chi connectivity index (χ1n) is 5.96. The summed E-state index contributed by atoms with van der Waals surface area (Å²) in [5, 5.41) is -0.377. The lowest BCUT2D eigenvalue weighted by Crippen LogP contribution is -2.25. The van der Waals surface area contributed by atoms with E-state index in [1.807, 2.05) is 0 Å². The van der Waals surface area contributed by atoms with Gasteiger partial charge < -0.3 is 0 Å². The maximum Gasteiger partial charge on any atom is 0.262 e. The Morgan fingerprint density at radius 2 is 1.75 bits per heavy atom. The van der Waals surface area contributed by atoms with Gasteiger partial charge in [0.2, 0.25) is 10.0 Å². The molecule has 0 amide bonds. The van der Waals surface area contributed by atoms with E-state index in [0.717, 1.165) is 12.8 Å². The predicted octanol–water partition coefficient (Wildman–Crippen LogP) is 3.06. The number of benzene rings is 1. The van der Waals surface area contributed by atoms with Crippen LogP contribution in [0, 0.1) is 0 Å². The molecule has 20 heavy (non-hydrogen) atoms. The molecule has 1 aliphatic rings. The summed E-state index contributed by atoms with van der Waals surface area (Å²) in [6.45, 7) is 0. The Balaban J connectivity index is 2.25. The van der Waals surface area contributed by atoms with Crippen molar-refractivity contribution in [3.63, 3.8) is 0 Å². The lowest BCUT2D eigenvalue weighted by molar-refractivity contribution is 0.585. The molecule has 0 aromatic heterocycles. The molecule has 0 bridgehead atoms. The minimum atomic E-state index is -3.86. The van der Waals surface area contributed by atoms with Gasteiger partial charge >= 0.3 is 0 Å². The van der Waals surface area contributed by atoms with Crippen LogP contribution in [0.25, 0.3) is 0 Å². The molecule has 1 N–H and O–H groups in total. The quantitative estimate of drug-likeness (QED) is 0.785. The van der Waals surface area contributed by atoms with Crippen LogP contribution in [0.2, 0.25) is 0 Å². The lowest BCUT2D eigenvalue weighted by atomic mass is 10.3. The maximum absolute atomic E-state index is 12.1. The summed E-state index contributed by atoms with van der Waals surface area (Å²) < 4.78 is 49.5. The highest BCUT2D eigenvalue weighted by Gasteiger charge is 2.28. The third-order valence-electron chi connectivity index (χ3n) is 3.20. The fraction of sp³-hybridized carbons (Fsp3) is 0.455. The molecule has 1 fully saturated rings. The van der Waals surface area contributed by atoms with Crippen LogP contribution in [0.3, 0.4) is 0 Å². The summed E-state index contributed by atoms with van der Waals surface area (Å²) in [5.74, 6) is 0. The molecular formula is C11H13BrClNO4S2. The van der Waals surface area contributed by atoms with Crippen molar-refractivity contribution in [2.24, 2.45) is 0 Å². The van der Waals surface area contributed by atoms with E-state index in [4.69, 9.17) is 10.7 Å². The minimum absolute atomic E-state index is 0.0945. The van der Waals surface area contributed by atoms with Crippen LogP contribution in [0.1, 0.15) is 25.7 Å². The van der Waals surface area contributed by atoms with Gasteiger partial charge in [-0.3, -0.25) is 4.72 Å². The van der Waals surface area contributed by atoms with Crippen LogP contribution >= 0.6 is 26.6 Å². The first kappa shape index (κ1) is 16.1. The number of hydrogen-bond donors (Lipinski definition) is 1. The summed E-state index contributed by atoms with van der Waals surface area (Å²) in [5.41, 5.74) is 0.313. The average molecular weight is 403 g/mol. The molecule has 0 spiro atoms. The molecule has 1 aliphatic carbocycles. The highest BCUT2D eigenvalue weighted by molar-refractivity contribution is 9.10. The molecule has 1 aromatic rings. The highest BCUT2D eigenvalue weighted by Crippen LogP contribution is 2.30. The van der Waals surface area contributed by atoms with Crippen molar-refractivity contribution in [1.29, 1.82) is 0 Å². The van der Waals surface area contributed by atoms with Gasteiger partial charge in [-0.05, 0) is 47.0 Å². The molecule has 1 aromatic carbocycles. The van der Waals surface area contributed by atoms with Gasteiger partial charge in [-0.1, -0.05) is 12.8 Å². The van der Waals surface area contributed by atoms with Crippen LogP contribution in [0.15, 0.2) is 27.6 Å². The zero-order valence-corrected chi connectivity index (χ0v) is 14.3. The van der Waals surface area contributed by atoms with Crippen LogP contribution in [-0.2, 0) is 19.1 Å². The van der Waals surface area contributed by atoms with Crippen molar-refractivity contribution in [2.45, 2.75) is 35.8 Å². The molecule has 0 unspecified atom stereocenters. The molecule has 0 heterocycles. The third-order valence-corrected chi connectivity index (χ3v) is 7.36. The van der Waals surface area contributed by atoms with E-state index >= 15 is 0 Å². The summed E-state index contributed by atoms with van der Waals surface area (Å²) in [6.07, 6.45) is 3.15. The van der Waals surface area contributed by atoms with Crippen molar-refractivity contribution in [1.82, 2.24) is 0 Å². The minimum Gasteiger partial charge on any atom is -0.283 e. The molecule has 0 saturated heterocycles. The second kappa shape index (κ2) is 5.82. The van der Waals surface area contributed by atoms with Crippen LogP contribution in [0.4, 0.5) is 5.69 Å². The van der Waals surface area contributed by atoms with Crippen molar-refractivity contribution >= 4 is 51.4 Å². The highest BCUT2D eigenvalue weighted by atomic mass is 79.9. The second-order valence-electron chi connectivity index (χ2n) is 4.64. The molecule has 0 radical (unpaired) electrons. The van der Waals surface area contributed by atoms with Gasteiger partial charge in [0.05, 0.1) is 10.1 Å². The number of anilines is 1. The number of sulfonamides is 1. The Hall–Kier alpha value is -0.310. The molecule has 0 aliphatic heterocycles. The van der Waals surface area contributed by atoms with Gasteiger partial charge in [0.25, 0.3) is 9.05 Å². The number of nitrogens with one attached hydrogen (secondary N) is 1. The smallest absolute Gasteiger partial charge is 0.262 e. The Morgan fingerprint density at radius 1 is 1.15 bits per heavy atom. The van der Waals surface area contributed by atoms with Gasteiger partial charge in [-0.2, -0.15) is 0 Å². The van der Waals surface area contributed by atoms with Crippen LogP contribution < -0.4 is 4.72 Å². The predicted molar refractivity (Wildman–Crippen MR) is 82.0 cm³/mol.